The maximum Gasteiger partial charge on any atom is 0.251 e. The summed E-state index contributed by atoms with van der Waals surface area (Å²) < 4.78 is 5.78. The summed E-state index contributed by atoms with van der Waals surface area (Å²) in [5.41, 5.74) is 1.61. The fourth-order valence-electron chi connectivity index (χ4n) is 2.52. The van der Waals surface area contributed by atoms with E-state index < -0.39 is 0 Å². The molecule has 0 atom stereocenters. The number of carbonyl (C=O) groups excluding carboxylic acids is 1. The quantitative estimate of drug-likeness (QED) is 0.644. The minimum absolute atomic E-state index is 0.0655. The van der Waals surface area contributed by atoms with Crippen LogP contribution >= 0.6 is 11.6 Å². The van der Waals surface area contributed by atoms with Crippen LogP contribution < -0.4 is 5.32 Å². The molecule has 0 saturated heterocycles. The Labute approximate surface area is 125 Å². The molecule has 0 radical (unpaired) electrons. The van der Waals surface area contributed by atoms with Gasteiger partial charge in [-0.15, -0.1) is 11.6 Å². The Balaban J connectivity index is 1.69. The van der Waals surface area contributed by atoms with Crippen molar-refractivity contribution < 1.29 is 9.53 Å². The highest BCUT2D eigenvalue weighted by molar-refractivity contribution is 6.17. The first-order valence-electron chi connectivity index (χ1n) is 7.34. The molecule has 0 heterocycles. The molecule has 0 spiro atoms. The summed E-state index contributed by atoms with van der Waals surface area (Å²) in [5, 5.41) is 2.88. The van der Waals surface area contributed by atoms with Crippen molar-refractivity contribution in [1.82, 2.24) is 5.32 Å². The molecule has 110 valence electrons. The molecule has 1 aromatic rings. The van der Waals surface area contributed by atoms with Crippen molar-refractivity contribution in [1.29, 1.82) is 0 Å². The van der Waals surface area contributed by atoms with Gasteiger partial charge in [0, 0.05) is 18.0 Å². The molecule has 4 heteroatoms. The van der Waals surface area contributed by atoms with Gasteiger partial charge < -0.3 is 10.1 Å². The molecule has 2 rings (SSSR count). The average molecular weight is 296 g/mol. The monoisotopic (exact) mass is 295 g/mol. The summed E-state index contributed by atoms with van der Waals surface area (Å²) in [6.45, 7) is 1.14. The van der Waals surface area contributed by atoms with E-state index >= 15 is 0 Å². The number of ether oxygens (including phenoxy) is 1. The predicted molar refractivity (Wildman–Crippen MR) is 81.2 cm³/mol. The molecule has 3 nitrogen and oxygen atoms in total. The van der Waals surface area contributed by atoms with Crippen molar-refractivity contribution in [3.8, 4) is 0 Å². The Kier molecular flexibility index (Phi) is 6.34. The van der Waals surface area contributed by atoms with Crippen LogP contribution in [0.2, 0.25) is 0 Å². The van der Waals surface area contributed by atoms with Gasteiger partial charge in [0.25, 0.3) is 5.91 Å². The highest BCUT2D eigenvalue weighted by Crippen LogP contribution is 2.19. The van der Waals surface area contributed by atoms with E-state index in [0.29, 0.717) is 30.7 Å². The third-order valence-corrected chi connectivity index (χ3v) is 3.95. The molecule has 1 amide bonds. The highest BCUT2D eigenvalue weighted by Gasteiger charge is 2.13. The van der Waals surface area contributed by atoms with E-state index in [9.17, 15) is 4.79 Å². The second kappa shape index (κ2) is 8.28. The summed E-state index contributed by atoms with van der Waals surface area (Å²) in [7, 11) is 0. The van der Waals surface area contributed by atoms with E-state index in [-0.39, 0.29) is 5.91 Å². The van der Waals surface area contributed by atoms with Gasteiger partial charge in [-0.05, 0) is 30.5 Å². The third-order valence-electron chi connectivity index (χ3n) is 3.64. The average Bonchev–Trinajstić information content (AvgIpc) is 2.52. The van der Waals surface area contributed by atoms with Crippen LogP contribution in [-0.4, -0.2) is 25.2 Å². The first-order chi connectivity index (χ1) is 9.79. The van der Waals surface area contributed by atoms with Crippen LogP contribution in [0.4, 0.5) is 0 Å². The highest BCUT2D eigenvalue weighted by atomic mass is 35.5. The van der Waals surface area contributed by atoms with Crippen LogP contribution in [0.3, 0.4) is 0 Å². The van der Waals surface area contributed by atoms with Crippen molar-refractivity contribution >= 4 is 17.5 Å². The number of benzene rings is 1. The molecule has 1 aromatic carbocycles. The maximum absolute atomic E-state index is 12.0. The van der Waals surface area contributed by atoms with Gasteiger partial charge in [0.15, 0.2) is 0 Å². The molecule has 0 bridgehead atoms. The SMILES string of the molecule is O=C(NCCOC1CCCCC1)c1cccc(CCl)c1. The Bertz CT molecular complexity index is 430. The van der Waals surface area contributed by atoms with Gasteiger partial charge in [0.05, 0.1) is 12.7 Å². The van der Waals surface area contributed by atoms with Crippen LogP contribution in [-0.2, 0) is 10.6 Å². The standard InChI is InChI=1S/C16H22ClNO2/c17-12-13-5-4-6-14(11-13)16(19)18-9-10-20-15-7-2-1-3-8-15/h4-6,11,15H,1-3,7-10,12H2,(H,18,19). The number of carbonyl (C=O) groups is 1. The van der Waals surface area contributed by atoms with Crippen molar-refractivity contribution in [3.63, 3.8) is 0 Å². The zero-order valence-electron chi connectivity index (χ0n) is 11.7. The fraction of sp³-hybridized carbons (Fsp3) is 0.562. The Morgan fingerprint density at radius 1 is 1.30 bits per heavy atom. The molecule has 1 saturated carbocycles. The molecule has 0 aromatic heterocycles. The third kappa shape index (κ3) is 4.80. The number of alkyl halides is 1. The summed E-state index contributed by atoms with van der Waals surface area (Å²) in [6, 6.07) is 7.39. The minimum Gasteiger partial charge on any atom is -0.376 e. The van der Waals surface area contributed by atoms with Gasteiger partial charge >= 0.3 is 0 Å². The van der Waals surface area contributed by atoms with E-state index in [1.807, 2.05) is 18.2 Å². The molecule has 1 N–H and O–H groups in total. The number of nitrogens with one attached hydrogen (secondary N) is 1. The van der Waals surface area contributed by atoms with E-state index in [1.54, 1.807) is 6.07 Å². The topological polar surface area (TPSA) is 38.3 Å². The van der Waals surface area contributed by atoms with Crippen molar-refractivity contribution in [2.45, 2.75) is 44.1 Å². The van der Waals surface area contributed by atoms with Crippen molar-refractivity contribution in [3.05, 3.63) is 35.4 Å². The summed E-state index contributed by atoms with van der Waals surface area (Å²) in [6.07, 6.45) is 6.57. The van der Waals surface area contributed by atoms with Crippen molar-refractivity contribution in [2.24, 2.45) is 0 Å². The van der Waals surface area contributed by atoms with Crippen LogP contribution in [0.1, 0.15) is 48.0 Å². The number of halogens is 1. The summed E-state index contributed by atoms with van der Waals surface area (Å²) in [5.74, 6) is 0.357. The van der Waals surface area contributed by atoms with Crippen LogP contribution in [0, 0.1) is 0 Å². The predicted octanol–water partition coefficient (Wildman–Crippen LogP) is 3.50. The van der Waals surface area contributed by atoms with E-state index in [1.165, 1.54) is 19.3 Å². The maximum atomic E-state index is 12.0. The number of amides is 1. The number of rotatable bonds is 6. The molecule has 1 fully saturated rings. The van der Waals surface area contributed by atoms with Crippen molar-refractivity contribution in [2.75, 3.05) is 13.2 Å². The van der Waals surface area contributed by atoms with E-state index in [4.69, 9.17) is 16.3 Å². The lowest BCUT2D eigenvalue weighted by molar-refractivity contribution is 0.0299. The van der Waals surface area contributed by atoms with Gasteiger partial charge in [-0.1, -0.05) is 31.4 Å². The fourth-order valence-corrected chi connectivity index (χ4v) is 2.69. The Morgan fingerprint density at radius 2 is 2.10 bits per heavy atom. The smallest absolute Gasteiger partial charge is 0.251 e. The minimum atomic E-state index is -0.0655. The molecule has 0 unspecified atom stereocenters. The van der Waals surface area contributed by atoms with Gasteiger partial charge in [0.1, 0.15) is 0 Å². The second-order valence-corrected chi connectivity index (χ2v) is 5.49. The van der Waals surface area contributed by atoms with Gasteiger partial charge in [-0.25, -0.2) is 0 Å². The molecular weight excluding hydrogens is 274 g/mol. The van der Waals surface area contributed by atoms with Gasteiger partial charge in [-0.2, -0.15) is 0 Å². The largest absolute Gasteiger partial charge is 0.376 e. The first-order valence-corrected chi connectivity index (χ1v) is 7.88. The summed E-state index contributed by atoms with van der Waals surface area (Å²) in [4.78, 5) is 12.0. The van der Waals surface area contributed by atoms with Gasteiger partial charge in [0.2, 0.25) is 0 Å². The molecule has 0 aliphatic heterocycles. The summed E-state index contributed by atoms with van der Waals surface area (Å²) >= 11 is 5.76. The molecule has 20 heavy (non-hydrogen) atoms. The number of hydrogen-bond donors (Lipinski definition) is 1. The van der Waals surface area contributed by atoms with Gasteiger partial charge in [-0.3, -0.25) is 4.79 Å². The molecular formula is C16H22ClNO2. The first kappa shape index (κ1) is 15.3. The Hall–Kier alpha value is -1.06. The van der Waals surface area contributed by atoms with Crippen LogP contribution in [0.15, 0.2) is 24.3 Å². The number of hydrogen-bond acceptors (Lipinski definition) is 2. The molecule has 1 aliphatic rings. The zero-order valence-corrected chi connectivity index (χ0v) is 12.5. The van der Waals surface area contributed by atoms with E-state index in [2.05, 4.69) is 5.32 Å². The lowest BCUT2D eigenvalue weighted by Crippen LogP contribution is -2.29. The van der Waals surface area contributed by atoms with Crippen LogP contribution in [0.5, 0.6) is 0 Å². The normalized spacial score (nSPS) is 16.1. The lowest BCUT2D eigenvalue weighted by Gasteiger charge is -2.22. The Morgan fingerprint density at radius 3 is 2.85 bits per heavy atom. The lowest BCUT2D eigenvalue weighted by atomic mass is 9.98. The molecule has 1 aliphatic carbocycles. The van der Waals surface area contributed by atoms with Crippen LogP contribution in [0.25, 0.3) is 0 Å². The second-order valence-electron chi connectivity index (χ2n) is 5.22. The van der Waals surface area contributed by atoms with E-state index in [0.717, 1.165) is 18.4 Å². The zero-order chi connectivity index (χ0) is 14.2.